The molecule has 0 unspecified atom stereocenters. The van der Waals surface area contributed by atoms with E-state index in [0.29, 0.717) is 0 Å². The second-order valence-electron chi connectivity index (χ2n) is 4.03. The first-order valence-electron chi connectivity index (χ1n) is 5.59. The molecule has 0 aliphatic heterocycles. The fraction of sp³-hybridized carbons (Fsp3) is 0. The van der Waals surface area contributed by atoms with Crippen molar-refractivity contribution in [3.63, 3.8) is 0 Å². The first kappa shape index (κ1) is 12.7. The molecule has 0 atom stereocenters. The number of ketones is 1. The highest BCUT2D eigenvalue weighted by molar-refractivity contribution is 6.07. The lowest BCUT2D eigenvalue weighted by atomic mass is 10.1. The van der Waals surface area contributed by atoms with Crippen molar-refractivity contribution in [2.45, 2.75) is 0 Å². The minimum Gasteiger partial charge on any atom is -0.508 e. The first-order valence-corrected chi connectivity index (χ1v) is 5.59. The van der Waals surface area contributed by atoms with Crippen molar-refractivity contribution in [2.75, 3.05) is 0 Å². The number of carbonyl (C=O) groups excluding carboxylic acids is 1. The second kappa shape index (κ2) is 5.27. The standard InChI is InChI=1S/C15H12O4/c16-12-4-1-10(2-5-12)3-6-15(19)11-7-13(17)9-14(18)8-11/h1-9,16-18H. The summed E-state index contributed by atoms with van der Waals surface area (Å²) in [4.78, 5) is 11.8. The van der Waals surface area contributed by atoms with E-state index in [1.54, 1.807) is 18.2 Å². The molecule has 4 nitrogen and oxygen atoms in total. The van der Waals surface area contributed by atoms with Crippen molar-refractivity contribution in [3.8, 4) is 17.2 Å². The van der Waals surface area contributed by atoms with Crippen LogP contribution in [0.25, 0.3) is 6.08 Å². The fourth-order valence-corrected chi connectivity index (χ4v) is 1.59. The molecule has 0 spiro atoms. The Morgan fingerprint density at radius 2 is 1.42 bits per heavy atom. The number of carbonyl (C=O) groups is 1. The van der Waals surface area contributed by atoms with Gasteiger partial charge in [-0.15, -0.1) is 0 Å². The molecule has 3 N–H and O–H groups in total. The molecule has 0 fully saturated rings. The molecule has 0 aliphatic rings. The quantitative estimate of drug-likeness (QED) is 0.583. The molecule has 0 saturated carbocycles. The molecular weight excluding hydrogens is 244 g/mol. The Morgan fingerprint density at radius 1 is 0.842 bits per heavy atom. The number of rotatable bonds is 3. The average Bonchev–Trinajstić information content (AvgIpc) is 2.36. The molecule has 0 amide bonds. The molecule has 2 aromatic rings. The van der Waals surface area contributed by atoms with Crippen LogP contribution >= 0.6 is 0 Å². The van der Waals surface area contributed by atoms with E-state index in [-0.39, 0.29) is 28.6 Å². The average molecular weight is 256 g/mol. The zero-order chi connectivity index (χ0) is 13.8. The predicted molar refractivity (Wildman–Crippen MR) is 71.2 cm³/mol. The summed E-state index contributed by atoms with van der Waals surface area (Å²) >= 11 is 0. The fourth-order valence-electron chi connectivity index (χ4n) is 1.59. The van der Waals surface area contributed by atoms with E-state index < -0.39 is 0 Å². The molecule has 0 aromatic heterocycles. The third kappa shape index (κ3) is 3.35. The molecule has 2 aromatic carbocycles. The summed E-state index contributed by atoms with van der Waals surface area (Å²) in [5.41, 5.74) is 0.961. The highest BCUT2D eigenvalue weighted by atomic mass is 16.3. The molecule has 0 heterocycles. The third-order valence-electron chi connectivity index (χ3n) is 2.51. The Bertz CT molecular complexity index is 607. The maximum Gasteiger partial charge on any atom is 0.186 e. The van der Waals surface area contributed by atoms with Gasteiger partial charge in [-0.25, -0.2) is 0 Å². The lowest BCUT2D eigenvalue weighted by Crippen LogP contribution is -1.93. The molecule has 0 saturated heterocycles. The molecule has 0 radical (unpaired) electrons. The number of hydrogen-bond acceptors (Lipinski definition) is 4. The van der Waals surface area contributed by atoms with Gasteiger partial charge in [-0.1, -0.05) is 18.2 Å². The first-order chi connectivity index (χ1) is 9.04. The van der Waals surface area contributed by atoms with E-state index in [0.717, 1.165) is 11.6 Å². The van der Waals surface area contributed by atoms with Gasteiger partial charge in [-0.05, 0) is 35.9 Å². The van der Waals surface area contributed by atoms with Gasteiger partial charge in [0.25, 0.3) is 0 Å². The van der Waals surface area contributed by atoms with E-state index in [1.165, 1.54) is 30.3 Å². The van der Waals surface area contributed by atoms with Gasteiger partial charge in [-0.3, -0.25) is 4.79 Å². The Labute approximate surface area is 109 Å². The zero-order valence-electron chi connectivity index (χ0n) is 9.95. The highest BCUT2D eigenvalue weighted by Crippen LogP contribution is 2.21. The van der Waals surface area contributed by atoms with E-state index in [9.17, 15) is 15.0 Å². The van der Waals surface area contributed by atoms with Crippen LogP contribution in [0.5, 0.6) is 17.2 Å². The van der Waals surface area contributed by atoms with Crippen molar-refractivity contribution in [1.82, 2.24) is 0 Å². The van der Waals surface area contributed by atoms with E-state index >= 15 is 0 Å². The SMILES string of the molecule is O=C(C=Cc1ccc(O)cc1)c1cc(O)cc(O)c1. The summed E-state index contributed by atoms with van der Waals surface area (Å²) in [7, 11) is 0. The highest BCUT2D eigenvalue weighted by Gasteiger charge is 2.05. The number of allylic oxidation sites excluding steroid dienone is 1. The number of hydrogen-bond donors (Lipinski definition) is 3. The van der Waals surface area contributed by atoms with Gasteiger partial charge >= 0.3 is 0 Å². The molecule has 0 bridgehead atoms. The molecule has 4 heteroatoms. The van der Waals surface area contributed by atoms with Gasteiger partial charge in [0.1, 0.15) is 17.2 Å². The van der Waals surface area contributed by atoms with Crippen molar-refractivity contribution in [1.29, 1.82) is 0 Å². The Morgan fingerprint density at radius 3 is 2.00 bits per heavy atom. The van der Waals surface area contributed by atoms with Crippen LogP contribution in [-0.2, 0) is 0 Å². The summed E-state index contributed by atoms with van der Waals surface area (Å²) in [5, 5.41) is 27.7. The predicted octanol–water partition coefficient (Wildman–Crippen LogP) is 2.70. The molecule has 2 rings (SSSR count). The number of benzene rings is 2. The maximum absolute atomic E-state index is 11.8. The van der Waals surface area contributed by atoms with Crippen LogP contribution < -0.4 is 0 Å². The maximum atomic E-state index is 11.8. The number of phenolic OH excluding ortho intramolecular Hbond substituents is 3. The molecule has 19 heavy (non-hydrogen) atoms. The van der Waals surface area contributed by atoms with Gasteiger partial charge in [0.05, 0.1) is 0 Å². The van der Waals surface area contributed by atoms with Crippen LogP contribution in [0.4, 0.5) is 0 Å². The molecule has 96 valence electrons. The Kier molecular flexibility index (Phi) is 3.52. The lowest BCUT2D eigenvalue weighted by molar-refractivity contribution is 0.104. The van der Waals surface area contributed by atoms with Gasteiger partial charge in [-0.2, -0.15) is 0 Å². The van der Waals surface area contributed by atoms with Gasteiger partial charge < -0.3 is 15.3 Å². The van der Waals surface area contributed by atoms with Crippen LogP contribution in [0.15, 0.2) is 48.5 Å². The molecule has 0 aliphatic carbocycles. The van der Waals surface area contributed by atoms with Crippen molar-refractivity contribution in [2.24, 2.45) is 0 Å². The van der Waals surface area contributed by atoms with Crippen molar-refractivity contribution < 1.29 is 20.1 Å². The van der Waals surface area contributed by atoms with Gasteiger partial charge in [0, 0.05) is 11.6 Å². The van der Waals surface area contributed by atoms with Crippen LogP contribution in [0.3, 0.4) is 0 Å². The minimum atomic E-state index is -0.334. The number of aromatic hydroxyl groups is 3. The van der Waals surface area contributed by atoms with E-state index in [2.05, 4.69) is 0 Å². The van der Waals surface area contributed by atoms with Crippen LogP contribution in [0, 0.1) is 0 Å². The lowest BCUT2D eigenvalue weighted by Gasteiger charge is -1.99. The largest absolute Gasteiger partial charge is 0.508 e. The van der Waals surface area contributed by atoms with Crippen molar-refractivity contribution >= 4 is 11.9 Å². The summed E-state index contributed by atoms with van der Waals surface area (Å²) < 4.78 is 0. The van der Waals surface area contributed by atoms with Crippen molar-refractivity contribution in [3.05, 3.63) is 59.7 Å². The minimum absolute atomic E-state index is 0.154. The Hall–Kier alpha value is -2.75. The number of phenols is 3. The van der Waals surface area contributed by atoms with E-state index in [4.69, 9.17) is 5.11 Å². The van der Waals surface area contributed by atoms with Crippen LogP contribution in [0.2, 0.25) is 0 Å². The third-order valence-corrected chi connectivity index (χ3v) is 2.51. The monoisotopic (exact) mass is 256 g/mol. The topological polar surface area (TPSA) is 77.8 Å². The normalized spacial score (nSPS) is 10.7. The van der Waals surface area contributed by atoms with Crippen LogP contribution in [-0.4, -0.2) is 21.1 Å². The summed E-state index contributed by atoms with van der Waals surface area (Å²) in [6.07, 6.45) is 2.92. The van der Waals surface area contributed by atoms with Crippen LogP contribution in [0.1, 0.15) is 15.9 Å². The zero-order valence-corrected chi connectivity index (χ0v) is 9.95. The smallest absolute Gasteiger partial charge is 0.186 e. The van der Waals surface area contributed by atoms with Gasteiger partial charge in [0.15, 0.2) is 5.78 Å². The van der Waals surface area contributed by atoms with Gasteiger partial charge in [0.2, 0.25) is 0 Å². The Balaban J connectivity index is 2.18. The summed E-state index contributed by atoms with van der Waals surface area (Å²) in [6.45, 7) is 0. The molecular formula is C15H12O4. The summed E-state index contributed by atoms with van der Waals surface area (Å²) in [6, 6.07) is 10.1. The second-order valence-corrected chi connectivity index (χ2v) is 4.03. The summed E-state index contributed by atoms with van der Waals surface area (Å²) in [5.74, 6) is -0.511. The van der Waals surface area contributed by atoms with E-state index in [1.807, 2.05) is 0 Å².